The number of aliphatic hydroxyl groups excluding tert-OH is 1. The Morgan fingerprint density at radius 3 is 2.90 bits per heavy atom. The van der Waals surface area contributed by atoms with E-state index >= 15 is 0 Å². The molecule has 4 heteroatoms. The Kier molecular flexibility index (Phi) is 2.57. The summed E-state index contributed by atoms with van der Waals surface area (Å²) in [6.45, 7) is 2.64. The van der Waals surface area contributed by atoms with Crippen LogP contribution < -0.4 is 5.32 Å². The quantitative estimate of drug-likeness (QED) is 0.498. The van der Waals surface area contributed by atoms with Gasteiger partial charge in [0, 0.05) is 12.3 Å². The van der Waals surface area contributed by atoms with Gasteiger partial charge >= 0.3 is 0 Å². The molecular weight excluding hydrogens is 150 g/mol. The van der Waals surface area contributed by atoms with Crippen molar-refractivity contribution in [2.75, 3.05) is 12.3 Å². The number of hydrogen-bond donors (Lipinski definition) is 3. The molecule has 0 aromatic heterocycles. The fraction of sp³-hybridized carbons (Fsp3) is 1.00. The van der Waals surface area contributed by atoms with E-state index in [1.165, 1.54) is 11.8 Å². The van der Waals surface area contributed by atoms with Crippen molar-refractivity contribution in [3.63, 3.8) is 0 Å². The summed E-state index contributed by atoms with van der Waals surface area (Å²) in [6.07, 6.45) is -0.192. The van der Waals surface area contributed by atoms with Crippen molar-refractivity contribution >= 4 is 11.8 Å². The molecule has 3 nitrogen and oxygen atoms in total. The third-order valence-corrected chi connectivity index (χ3v) is 3.15. The van der Waals surface area contributed by atoms with Gasteiger partial charge in [0.2, 0.25) is 0 Å². The van der Waals surface area contributed by atoms with E-state index < -0.39 is 11.2 Å². The molecule has 0 spiro atoms. The maximum absolute atomic E-state index is 9.60. The van der Waals surface area contributed by atoms with E-state index in [0.717, 1.165) is 12.3 Å². The lowest BCUT2D eigenvalue weighted by Gasteiger charge is -2.35. The van der Waals surface area contributed by atoms with Crippen LogP contribution in [0.25, 0.3) is 0 Å². The van der Waals surface area contributed by atoms with Gasteiger partial charge in [-0.15, -0.1) is 11.8 Å². The van der Waals surface area contributed by atoms with Gasteiger partial charge in [-0.2, -0.15) is 0 Å². The lowest BCUT2D eigenvalue weighted by atomic mass is 10.2. The van der Waals surface area contributed by atoms with Crippen LogP contribution in [-0.4, -0.2) is 33.7 Å². The van der Waals surface area contributed by atoms with E-state index in [1.54, 1.807) is 0 Å². The fourth-order valence-electron chi connectivity index (χ4n) is 0.957. The van der Waals surface area contributed by atoms with Crippen molar-refractivity contribution in [2.45, 2.75) is 24.5 Å². The molecule has 1 heterocycles. The smallest absolute Gasteiger partial charge is 0.149 e. The third kappa shape index (κ3) is 1.45. The van der Waals surface area contributed by atoms with Gasteiger partial charge in [0.25, 0.3) is 0 Å². The molecule has 0 bridgehead atoms. The summed E-state index contributed by atoms with van der Waals surface area (Å²) >= 11 is 1.42. The van der Waals surface area contributed by atoms with Gasteiger partial charge in [-0.3, -0.25) is 5.32 Å². The summed E-state index contributed by atoms with van der Waals surface area (Å²) in [7, 11) is 0. The Labute approximate surface area is 64.8 Å². The molecular formula is C6H13NO2S. The second-order valence-corrected chi connectivity index (χ2v) is 3.81. The maximum atomic E-state index is 9.60. The molecule has 10 heavy (non-hydrogen) atoms. The van der Waals surface area contributed by atoms with Crippen molar-refractivity contribution in [1.82, 2.24) is 5.32 Å². The number of nitrogens with one attached hydrogen (secondary N) is 1. The van der Waals surface area contributed by atoms with E-state index in [4.69, 9.17) is 0 Å². The largest absolute Gasteiger partial charge is 0.375 e. The highest BCUT2D eigenvalue weighted by molar-refractivity contribution is 8.00. The predicted molar refractivity (Wildman–Crippen MR) is 41.7 cm³/mol. The van der Waals surface area contributed by atoms with Crippen LogP contribution in [0.3, 0.4) is 0 Å². The Morgan fingerprint density at radius 1 is 1.80 bits per heavy atom. The molecule has 0 aromatic rings. The minimum atomic E-state index is -0.960. The molecule has 0 radical (unpaired) electrons. The van der Waals surface area contributed by atoms with Crippen molar-refractivity contribution in [1.29, 1.82) is 0 Å². The molecule has 2 atom stereocenters. The zero-order chi connectivity index (χ0) is 7.61. The van der Waals surface area contributed by atoms with Crippen molar-refractivity contribution < 1.29 is 10.2 Å². The molecule has 60 valence electrons. The second-order valence-electron chi connectivity index (χ2n) is 2.40. The Balaban J connectivity index is 2.54. The lowest BCUT2D eigenvalue weighted by molar-refractivity contribution is -0.0311. The average molecular weight is 163 g/mol. The van der Waals surface area contributed by atoms with Crippen molar-refractivity contribution in [3.8, 4) is 0 Å². The first-order chi connectivity index (χ1) is 4.69. The fourth-order valence-corrected chi connectivity index (χ4v) is 1.98. The Hall–Kier alpha value is 0.230. The van der Waals surface area contributed by atoms with Crippen LogP contribution in [-0.2, 0) is 0 Å². The molecule has 1 rings (SSSR count). The average Bonchev–Trinajstić information content (AvgIpc) is 1.96. The highest BCUT2D eigenvalue weighted by Gasteiger charge is 2.36. The van der Waals surface area contributed by atoms with Crippen LogP contribution in [0, 0.1) is 0 Å². The minimum absolute atomic E-state index is 0.575. The number of aliphatic hydroxyl groups is 2. The van der Waals surface area contributed by atoms with Gasteiger partial charge in [-0.1, -0.05) is 6.92 Å². The van der Waals surface area contributed by atoms with Gasteiger partial charge in [-0.25, -0.2) is 0 Å². The van der Waals surface area contributed by atoms with E-state index in [1.807, 2.05) is 6.92 Å². The van der Waals surface area contributed by atoms with E-state index in [0.29, 0.717) is 6.42 Å². The normalized spacial score (nSPS) is 41.7. The zero-order valence-corrected chi connectivity index (χ0v) is 6.82. The van der Waals surface area contributed by atoms with Crippen molar-refractivity contribution in [3.05, 3.63) is 0 Å². The monoisotopic (exact) mass is 163 g/mol. The Morgan fingerprint density at radius 2 is 2.50 bits per heavy atom. The molecule has 1 aliphatic heterocycles. The number of hydrogen-bond acceptors (Lipinski definition) is 4. The summed E-state index contributed by atoms with van der Waals surface area (Å²) in [5.41, 5.74) is 0. The molecule has 1 saturated heterocycles. The SMILES string of the molecule is CCC1(O)SCCNC1O. The highest BCUT2D eigenvalue weighted by Crippen LogP contribution is 2.30. The topological polar surface area (TPSA) is 52.5 Å². The second kappa shape index (κ2) is 3.09. The molecule has 1 fully saturated rings. The van der Waals surface area contributed by atoms with E-state index in [2.05, 4.69) is 5.32 Å². The van der Waals surface area contributed by atoms with E-state index in [9.17, 15) is 10.2 Å². The molecule has 3 N–H and O–H groups in total. The lowest BCUT2D eigenvalue weighted by Crippen LogP contribution is -2.52. The molecule has 2 unspecified atom stereocenters. The van der Waals surface area contributed by atoms with Crippen LogP contribution >= 0.6 is 11.8 Å². The summed E-state index contributed by atoms with van der Waals surface area (Å²) in [5.74, 6) is 0.862. The summed E-state index contributed by atoms with van der Waals surface area (Å²) in [4.78, 5) is -0.960. The van der Waals surface area contributed by atoms with E-state index in [-0.39, 0.29) is 0 Å². The summed E-state index contributed by atoms with van der Waals surface area (Å²) in [6, 6.07) is 0. The first-order valence-electron chi connectivity index (χ1n) is 3.47. The zero-order valence-electron chi connectivity index (χ0n) is 6.00. The summed E-state index contributed by atoms with van der Waals surface area (Å²) < 4.78 is 0. The molecule has 1 aliphatic rings. The predicted octanol–water partition coefficient (Wildman–Crippen LogP) is -0.260. The van der Waals surface area contributed by atoms with Gasteiger partial charge in [0.05, 0.1) is 0 Å². The van der Waals surface area contributed by atoms with Gasteiger partial charge in [0.1, 0.15) is 11.2 Å². The molecule has 0 aliphatic carbocycles. The molecule has 0 amide bonds. The number of rotatable bonds is 1. The highest BCUT2D eigenvalue weighted by atomic mass is 32.2. The van der Waals surface area contributed by atoms with Crippen LogP contribution in [0.15, 0.2) is 0 Å². The van der Waals surface area contributed by atoms with Crippen LogP contribution in [0.5, 0.6) is 0 Å². The standard InChI is InChI=1S/C6H13NO2S/c1-2-6(9)5(8)7-3-4-10-6/h5,7-9H,2-4H2,1H3. The van der Waals surface area contributed by atoms with Gasteiger partial charge in [0.15, 0.2) is 0 Å². The summed E-state index contributed by atoms with van der Waals surface area (Å²) in [5, 5.41) is 21.7. The van der Waals surface area contributed by atoms with Crippen LogP contribution in [0.4, 0.5) is 0 Å². The molecule has 0 aromatic carbocycles. The third-order valence-electron chi connectivity index (χ3n) is 1.73. The Bertz CT molecular complexity index is 122. The van der Waals surface area contributed by atoms with Gasteiger partial charge < -0.3 is 10.2 Å². The van der Waals surface area contributed by atoms with Crippen LogP contribution in [0.1, 0.15) is 13.3 Å². The van der Waals surface area contributed by atoms with Crippen molar-refractivity contribution in [2.24, 2.45) is 0 Å². The van der Waals surface area contributed by atoms with Crippen LogP contribution in [0.2, 0.25) is 0 Å². The molecule has 0 saturated carbocycles. The number of thioether (sulfide) groups is 1. The first kappa shape index (κ1) is 8.33. The minimum Gasteiger partial charge on any atom is -0.375 e. The maximum Gasteiger partial charge on any atom is 0.149 e. The van der Waals surface area contributed by atoms with Gasteiger partial charge in [-0.05, 0) is 6.42 Å². The first-order valence-corrected chi connectivity index (χ1v) is 4.45.